The van der Waals surface area contributed by atoms with Gasteiger partial charge in [0, 0.05) is 29.7 Å². The first-order valence-electron chi connectivity index (χ1n) is 10.8. The van der Waals surface area contributed by atoms with Gasteiger partial charge in [-0.3, -0.25) is 4.79 Å². The standard InChI is InChI=1S/C22H31BrN2O3S/c1-22(2)17-8-6-16(18(22)13-17)14-24-21(26)15-7-9-19(23)20(12-15)29(27,28)25-10-4-3-5-11-25/h7,9,12,16-18H,3-6,8,10-11,13-14H2,1-2H3,(H,24,26)/t16?,17-,18-/m1/s1. The van der Waals surface area contributed by atoms with E-state index in [4.69, 9.17) is 0 Å². The van der Waals surface area contributed by atoms with E-state index in [0.717, 1.165) is 25.2 Å². The van der Waals surface area contributed by atoms with Crippen LogP contribution in [0.1, 0.15) is 62.7 Å². The van der Waals surface area contributed by atoms with Gasteiger partial charge in [0.15, 0.2) is 0 Å². The first kappa shape index (κ1) is 21.3. The van der Waals surface area contributed by atoms with Crippen molar-refractivity contribution in [3.05, 3.63) is 28.2 Å². The van der Waals surface area contributed by atoms with E-state index in [1.807, 2.05) is 0 Å². The van der Waals surface area contributed by atoms with Gasteiger partial charge in [0.2, 0.25) is 10.0 Å². The Bertz CT molecular complexity index is 891. The summed E-state index contributed by atoms with van der Waals surface area (Å²) in [6.45, 7) is 6.47. The first-order chi connectivity index (χ1) is 13.7. The molecule has 2 bridgehead atoms. The van der Waals surface area contributed by atoms with Crippen molar-refractivity contribution in [1.82, 2.24) is 9.62 Å². The summed E-state index contributed by atoms with van der Waals surface area (Å²) in [6, 6.07) is 4.89. The summed E-state index contributed by atoms with van der Waals surface area (Å²) < 4.78 is 28.2. The summed E-state index contributed by atoms with van der Waals surface area (Å²) in [5.41, 5.74) is 0.798. The van der Waals surface area contributed by atoms with Gasteiger partial charge in [-0.05, 0) is 89.4 Å². The topological polar surface area (TPSA) is 66.5 Å². The molecule has 3 atom stereocenters. The molecule has 0 aromatic heterocycles. The molecule has 160 valence electrons. The summed E-state index contributed by atoms with van der Waals surface area (Å²) in [5, 5.41) is 3.08. The van der Waals surface area contributed by atoms with Gasteiger partial charge in [0.1, 0.15) is 0 Å². The van der Waals surface area contributed by atoms with Gasteiger partial charge in [-0.15, -0.1) is 0 Å². The molecule has 5 rings (SSSR count). The third-order valence-corrected chi connectivity index (χ3v) is 10.5. The number of fused-ring (bicyclic) bond motifs is 2. The molecule has 29 heavy (non-hydrogen) atoms. The zero-order valence-electron chi connectivity index (χ0n) is 17.3. The maximum atomic E-state index is 13.1. The number of hydrogen-bond acceptors (Lipinski definition) is 3. The molecule has 4 aliphatic rings. The van der Waals surface area contributed by atoms with Crippen LogP contribution in [0.2, 0.25) is 0 Å². The van der Waals surface area contributed by atoms with Crippen LogP contribution in [0.15, 0.2) is 27.6 Å². The number of sulfonamides is 1. The molecule has 1 N–H and O–H groups in total. The molecule has 1 saturated heterocycles. The van der Waals surface area contributed by atoms with E-state index in [9.17, 15) is 13.2 Å². The van der Waals surface area contributed by atoms with E-state index < -0.39 is 10.0 Å². The summed E-state index contributed by atoms with van der Waals surface area (Å²) in [6.07, 6.45) is 6.54. The molecule has 1 heterocycles. The lowest BCUT2D eigenvalue weighted by molar-refractivity contribution is -0.103. The number of amides is 1. The molecular weight excluding hydrogens is 452 g/mol. The molecule has 4 fully saturated rings. The van der Waals surface area contributed by atoms with Crippen molar-refractivity contribution < 1.29 is 13.2 Å². The van der Waals surface area contributed by atoms with E-state index in [1.54, 1.807) is 12.1 Å². The van der Waals surface area contributed by atoms with Crippen molar-refractivity contribution in [2.45, 2.75) is 57.3 Å². The van der Waals surface area contributed by atoms with E-state index in [-0.39, 0.29) is 10.8 Å². The van der Waals surface area contributed by atoms with Crippen LogP contribution in [0.3, 0.4) is 0 Å². The number of halogens is 1. The average molecular weight is 483 g/mol. The molecular formula is C22H31BrN2O3S. The summed E-state index contributed by atoms with van der Waals surface area (Å²) in [7, 11) is -3.60. The highest BCUT2D eigenvalue weighted by molar-refractivity contribution is 9.10. The number of nitrogens with zero attached hydrogens (tertiary/aromatic N) is 1. The monoisotopic (exact) mass is 482 g/mol. The van der Waals surface area contributed by atoms with Crippen LogP contribution in [0.5, 0.6) is 0 Å². The Kier molecular flexibility index (Phi) is 5.86. The molecule has 1 aromatic carbocycles. The maximum Gasteiger partial charge on any atom is 0.251 e. The molecule has 7 heteroatoms. The number of hydrogen-bond donors (Lipinski definition) is 1. The highest BCUT2D eigenvalue weighted by Crippen LogP contribution is 2.61. The third kappa shape index (κ3) is 3.90. The van der Waals surface area contributed by atoms with Crippen LogP contribution in [0, 0.1) is 23.2 Å². The number of carbonyl (C=O) groups excluding carboxylic acids is 1. The molecule has 3 saturated carbocycles. The minimum Gasteiger partial charge on any atom is -0.352 e. The maximum absolute atomic E-state index is 13.1. The molecule has 1 aromatic rings. The van der Waals surface area contributed by atoms with Crippen LogP contribution in [0.25, 0.3) is 0 Å². The zero-order chi connectivity index (χ0) is 20.8. The number of nitrogens with one attached hydrogen (secondary N) is 1. The summed E-state index contributed by atoms with van der Waals surface area (Å²) in [5.74, 6) is 1.85. The van der Waals surface area contributed by atoms with Gasteiger partial charge in [-0.1, -0.05) is 20.3 Å². The predicted molar refractivity (Wildman–Crippen MR) is 117 cm³/mol. The third-order valence-electron chi connectivity index (χ3n) is 7.65. The largest absolute Gasteiger partial charge is 0.352 e. The second-order valence-corrected chi connectivity index (χ2v) is 12.3. The zero-order valence-corrected chi connectivity index (χ0v) is 19.7. The Morgan fingerprint density at radius 2 is 1.93 bits per heavy atom. The van der Waals surface area contributed by atoms with Gasteiger partial charge in [0.05, 0.1) is 4.90 Å². The predicted octanol–water partition coefficient (Wildman–Crippen LogP) is 4.43. The first-order valence-corrected chi connectivity index (χ1v) is 13.0. The fourth-order valence-corrected chi connectivity index (χ4v) is 8.09. The van der Waals surface area contributed by atoms with Crippen molar-refractivity contribution in [2.75, 3.05) is 19.6 Å². The lowest BCUT2D eigenvalue weighted by Crippen LogP contribution is -2.54. The van der Waals surface area contributed by atoms with Crippen molar-refractivity contribution in [2.24, 2.45) is 23.2 Å². The number of rotatable bonds is 5. The second-order valence-electron chi connectivity index (χ2n) is 9.52. The Labute approximate surface area is 182 Å². The smallest absolute Gasteiger partial charge is 0.251 e. The normalized spacial score (nSPS) is 29.1. The second kappa shape index (κ2) is 7.97. The van der Waals surface area contributed by atoms with Crippen molar-refractivity contribution in [3.8, 4) is 0 Å². The highest BCUT2D eigenvalue weighted by Gasteiger charge is 2.53. The van der Waals surface area contributed by atoms with Gasteiger partial charge in [-0.2, -0.15) is 4.31 Å². The van der Waals surface area contributed by atoms with Gasteiger partial charge in [-0.25, -0.2) is 8.42 Å². The fourth-order valence-electron chi connectivity index (χ4n) is 5.62. The summed E-state index contributed by atoms with van der Waals surface area (Å²) in [4.78, 5) is 13.0. The van der Waals surface area contributed by atoms with Crippen LogP contribution in [-0.4, -0.2) is 38.3 Å². The van der Waals surface area contributed by atoms with Crippen LogP contribution in [-0.2, 0) is 10.0 Å². The quantitative estimate of drug-likeness (QED) is 0.674. The molecule has 1 aliphatic heterocycles. The molecule has 3 aliphatic carbocycles. The Hall–Kier alpha value is -0.920. The van der Waals surface area contributed by atoms with Crippen molar-refractivity contribution in [1.29, 1.82) is 0 Å². The Morgan fingerprint density at radius 1 is 1.21 bits per heavy atom. The van der Waals surface area contributed by atoms with E-state index in [2.05, 4.69) is 35.1 Å². The molecule has 0 radical (unpaired) electrons. The molecule has 1 amide bonds. The van der Waals surface area contributed by atoms with Crippen molar-refractivity contribution in [3.63, 3.8) is 0 Å². The molecule has 0 spiro atoms. The van der Waals surface area contributed by atoms with Crippen LogP contribution in [0.4, 0.5) is 0 Å². The Morgan fingerprint density at radius 3 is 2.59 bits per heavy atom. The number of carbonyl (C=O) groups is 1. The minimum atomic E-state index is -3.60. The van der Waals surface area contributed by atoms with Crippen LogP contribution < -0.4 is 5.32 Å². The van der Waals surface area contributed by atoms with E-state index in [1.165, 1.54) is 29.6 Å². The van der Waals surface area contributed by atoms with Gasteiger partial charge >= 0.3 is 0 Å². The van der Waals surface area contributed by atoms with Crippen molar-refractivity contribution >= 4 is 31.9 Å². The average Bonchev–Trinajstić information content (AvgIpc) is 2.72. The summed E-state index contributed by atoms with van der Waals surface area (Å²) >= 11 is 3.37. The Balaban J connectivity index is 1.46. The SMILES string of the molecule is CC1(C)[C@@H]2CCC(CNC(=O)c3ccc(Br)c(S(=O)(=O)N4CCCCC4)c3)[C@H]1C2. The molecule has 5 nitrogen and oxygen atoms in total. The van der Waals surface area contributed by atoms with E-state index in [0.29, 0.717) is 46.9 Å². The highest BCUT2D eigenvalue weighted by atomic mass is 79.9. The lowest BCUT2D eigenvalue weighted by Gasteiger charge is -2.60. The van der Waals surface area contributed by atoms with Gasteiger partial charge in [0.25, 0.3) is 5.91 Å². The molecule has 1 unspecified atom stereocenters. The van der Waals surface area contributed by atoms with Gasteiger partial charge < -0.3 is 5.32 Å². The minimum absolute atomic E-state index is 0.188. The van der Waals surface area contributed by atoms with E-state index >= 15 is 0 Å². The number of benzene rings is 1. The lowest BCUT2D eigenvalue weighted by atomic mass is 9.45. The van der Waals surface area contributed by atoms with Crippen LogP contribution >= 0.6 is 15.9 Å². The number of piperidine rings is 1. The fraction of sp³-hybridized carbons (Fsp3) is 0.682.